The van der Waals surface area contributed by atoms with Crippen LogP contribution in [-0.2, 0) is 4.79 Å². The zero-order valence-corrected chi connectivity index (χ0v) is 8.14. The minimum Gasteiger partial charge on any atom is -0.481 e. The number of carboxylic acids is 1. The molecule has 0 radical (unpaired) electrons. The SMILES string of the molecule is Cc1cc(C(=O)N2CC(C(=O)O)C2)on1. The Morgan fingerprint density at radius 3 is 2.73 bits per heavy atom. The average molecular weight is 210 g/mol. The van der Waals surface area contributed by atoms with E-state index in [0.29, 0.717) is 5.69 Å². The fourth-order valence-electron chi connectivity index (χ4n) is 1.42. The highest BCUT2D eigenvalue weighted by Crippen LogP contribution is 2.18. The van der Waals surface area contributed by atoms with Crippen LogP contribution in [0.1, 0.15) is 16.2 Å². The van der Waals surface area contributed by atoms with Crippen LogP contribution in [-0.4, -0.2) is 40.1 Å². The number of aromatic nitrogens is 1. The summed E-state index contributed by atoms with van der Waals surface area (Å²) < 4.78 is 4.79. The number of aryl methyl sites for hydroxylation is 1. The topological polar surface area (TPSA) is 83.6 Å². The third-order valence-corrected chi connectivity index (χ3v) is 2.36. The van der Waals surface area contributed by atoms with Crippen LogP contribution in [0.2, 0.25) is 0 Å². The number of hydrogen-bond donors (Lipinski definition) is 1. The lowest BCUT2D eigenvalue weighted by Crippen LogP contribution is -2.52. The van der Waals surface area contributed by atoms with Gasteiger partial charge in [-0.25, -0.2) is 0 Å². The number of carbonyl (C=O) groups is 2. The van der Waals surface area contributed by atoms with Crippen molar-refractivity contribution in [3.63, 3.8) is 0 Å². The van der Waals surface area contributed by atoms with E-state index in [1.165, 1.54) is 11.0 Å². The summed E-state index contributed by atoms with van der Waals surface area (Å²) in [5.74, 6) is -1.45. The Labute approximate surface area is 85.5 Å². The van der Waals surface area contributed by atoms with Crippen molar-refractivity contribution in [2.75, 3.05) is 13.1 Å². The Bertz CT molecular complexity index is 406. The van der Waals surface area contributed by atoms with E-state index in [4.69, 9.17) is 9.63 Å². The maximum atomic E-state index is 11.6. The summed E-state index contributed by atoms with van der Waals surface area (Å²) in [6.07, 6.45) is 0. The van der Waals surface area contributed by atoms with E-state index in [1.807, 2.05) is 0 Å². The molecule has 0 bridgehead atoms. The first kappa shape index (κ1) is 9.70. The summed E-state index contributed by atoms with van der Waals surface area (Å²) in [5, 5.41) is 12.2. The average Bonchev–Trinajstić information content (AvgIpc) is 2.48. The molecular weight excluding hydrogens is 200 g/mol. The highest BCUT2D eigenvalue weighted by molar-refractivity contribution is 5.93. The Morgan fingerprint density at radius 1 is 1.60 bits per heavy atom. The van der Waals surface area contributed by atoms with Gasteiger partial charge in [-0.05, 0) is 6.92 Å². The molecule has 2 heterocycles. The molecule has 1 amide bonds. The molecule has 1 aliphatic rings. The van der Waals surface area contributed by atoms with Gasteiger partial charge >= 0.3 is 5.97 Å². The highest BCUT2D eigenvalue weighted by Gasteiger charge is 2.37. The van der Waals surface area contributed by atoms with Crippen LogP contribution in [0.4, 0.5) is 0 Å². The zero-order chi connectivity index (χ0) is 11.0. The predicted octanol–water partition coefficient (Wildman–Crippen LogP) is 0.140. The van der Waals surface area contributed by atoms with Crippen LogP contribution in [0.5, 0.6) is 0 Å². The van der Waals surface area contributed by atoms with Crippen LogP contribution in [0, 0.1) is 12.8 Å². The Balaban J connectivity index is 1.97. The minimum absolute atomic E-state index is 0.163. The molecule has 6 heteroatoms. The lowest BCUT2D eigenvalue weighted by molar-refractivity contribution is -0.146. The third-order valence-electron chi connectivity index (χ3n) is 2.36. The number of rotatable bonds is 2. The van der Waals surface area contributed by atoms with Crippen LogP contribution in [0.15, 0.2) is 10.6 Å². The van der Waals surface area contributed by atoms with Crippen LogP contribution >= 0.6 is 0 Å². The summed E-state index contributed by atoms with van der Waals surface area (Å²) in [6.45, 7) is 2.21. The molecule has 6 nitrogen and oxygen atoms in total. The van der Waals surface area contributed by atoms with Crippen molar-refractivity contribution in [1.29, 1.82) is 0 Å². The second kappa shape index (κ2) is 3.38. The maximum Gasteiger partial charge on any atom is 0.310 e. The van der Waals surface area contributed by atoms with Gasteiger partial charge in [-0.15, -0.1) is 0 Å². The van der Waals surface area contributed by atoms with Crippen molar-refractivity contribution < 1.29 is 19.2 Å². The fraction of sp³-hybridized carbons (Fsp3) is 0.444. The number of hydrogen-bond acceptors (Lipinski definition) is 4. The molecule has 0 unspecified atom stereocenters. The smallest absolute Gasteiger partial charge is 0.310 e. The van der Waals surface area contributed by atoms with E-state index in [1.54, 1.807) is 6.92 Å². The van der Waals surface area contributed by atoms with Gasteiger partial charge in [0.25, 0.3) is 5.91 Å². The Hall–Kier alpha value is -1.85. The van der Waals surface area contributed by atoms with Gasteiger partial charge in [-0.3, -0.25) is 9.59 Å². The summed E-state index contributed by atoms with van der Waals surface area (Å²) in [5.41, 5.74) is 0.633. The summed E-state index contributed by atoms with van der Waals surface area (Å²) in [6, 6.07) is 1.54. The van der Waals surface area contributed by atoms with Crippen molar-refractivity contribution in [3.05, 3.63) is 17.5 Å². The van der Waals surface area contributed by atoms with Gasteiger partial charge in [0.1, 0.15) is 0 Å². The van der Waals surface area contributed by atoms with Gasteiger partial charge < -0.3 is 14.5 Å². The lowest BCUT2D eigenvalue weighted by Gasteiger charge is -2.35. The first-order valence-corrected chi connectivity index (χ1v) is 4.53. The fourth-order valence-corrected chi connectivity index (χ4v) is 1.42. The number of aliphatic carboxylic acids is 1. The monoisotopic (exact) mass is 210 g/mol. The van der Waals surface area contributed by atoms with E-state index in [-0.39, 0.29) is 24.8 Å². The second-order valence-corrected chi connectivity index (χ2v) is 3.58. The maximum absolute atomic E-state index is 11.6. The molecule has 1 aliphatic heterocycles. The lowest BCUT2D eigenvalue weighted by atomic mass is 10.0. The van der Waals surface area contributed by atoms with E-state index in [2.05, 4.69) is 5.16 Å². The molecular formula is C9H10N2O4. The van der Waals surface area contributed by atoms with Crippen molar-refractivity contribution in [1.82, 2.24) is 10.1 Å². The van der Waals surface area contributed by atoms with Gasteiger partial charge in [-0.2, -0.15) is 0 Å². The summed E-state index contributed by atoms with van der Waals surface area (Å²) >= 11 is 0. The second-order valence-electron chi connectivity index (χ2n) is 3.58. The molecule has 1 N–H and O–H groups in total. The largest absolute Gasteiger partial charge is 0.481 e. The van der Waals surface area contributed by atoms with Crippen LogP contribution in [0.25, 0.3) is 0 Å². The van der Waals surface area contributed by atoms with Gasteiger partial charge in [0.2, 0.25) is 5.76 Å². The molecule has 0 spiro atoms. The summed E-state index contributed by atoms with van der Waals surface area (Å²) in [7, 11) is 0. The first-order chi connectivity index (χ1) is 7.08. The number of carbonyl (C=O) groups excluding carboxylic acids is 1. The molecule has 0 aliphatic carbocycles. The van der Waals surface area contributed by atoms with E-state index in [9.17, 15) is 9.59 Å². The third kappa shape index (κ3) is 1.70. The first-order valence-electron chi connectivity index (χ1n) is 4.53. The quantitative estimate of drug-likeness (QED) is 0.750. The zero-order valence-electron chi connectivity index (χ0n) is 8.14. The molecule has 1 saturated heterocycles. The highest BCUT2D eigenvalue weighted by atomic mass is 16.5. The molecule has 1 fully saturated rings. The molecule has 1 aromatic rings. The van der Waals surface area contributed by atoms with Crippen molar-refractivity contribution in [2.24, 2.45) is 5.92 Å². The minimum atomic E-state index is -0.868. The van der Waals surface area contributed by atoms with Crippen LogP contribution < -0.4 is 0 Å². The molecule has 0 atom stereocenters. The van der Waals surface area contributed by atoms with E-state index < -0.39 is 11.9 Å². The molecule has 1 aromatic heterocycles. The van der Waals surface area contributed by atoms with Crippen molar-refractivity contribution in [3.8, 4) is 0 Å². The number of likely N-dealkylation sites (tertiary alicyclic amines) is 1. The predicted molar refractivity (Wildman–Crippen MR) is 48.3 cm³/mol. The number of amides is 1. The molecule has 0 saturated carbocycles. The van der Waals surface area contributed by atoms with E-state index >= 15 is 0 Å². The standard InChI is InChI=1S/C9H10N2O4/c1-5-2-7(15-10-5)8(12)11-3-6(4-11)9(13)14/h2,6H,3-4H2,1H3,(H,13,14). The molecule has 80 valence electrons. The van der Waals surface area contributed by atoms with E-state index in [0.717, 1.165) is 0 Å². The van der Waals surface area contributed by atoms with Crippen LogP contribution in [0.3, 0.4) is 0 Å². The molecule has 15 heavy (non-hydrogen) atoms. The molecule has 0 aromatic carbocycles. The summed E-state index contributed by atoms with van der Waals surface area (Å²) in [4.78, 5) is 23.6. The van der Waals surface area contributed by atoms with Crippen molar-refractivity contribution in [2.45, 2.75) is 6.92 Å². The van der Waals surface area contributed by atoms with Gasteiger partial charge in [-0.1, -0.05) is 5.16 Å². The normalized spacial score (nSPS) is 16.2. The Kier molecular flexibility index (Phi) is 2.18. The van der Waals surface area contributed by atoms with Gasteiger partial charge in [0, 0.05) is 19.2 Å². The van der Waals surface area contributed by atoms with Gasteiger partial charge in [0.15, 0.2) is 0 Å². The van der Waals surface area contributed by atoms with Crippen molar-refractivity contribution >= 4 is 11.9 Å². The number of nitrogens with zero attached hydrogens (tertiary/aromatic N) is 2. The number of carboxylic acid groups (broad SMARTS) is 1. The Morgan fingerprint density at radius 2 is 2.27 bits per heavy atom. The van der Waals surface area contributed by atoms with Gasteiger partial charge in [0.05, 0.1) is 11.6 Å². The molecule has 2 rings (SSSR count).